The van der Waals surface area contributed by atoms with Gasteiger partial charge in [0.2, 0.25) is 5.91 Å². The minimum Gasteiger partial charge on any atom is -0.326 e. The fraction of sp³-hybridized carbons (Fsp3) is 0.333. The molecule has 0 aliphatic heterocycles. The lowest BCUT2D eigenvalue weighted by Crippen LogP contribution is -2.17. The number of rotatable bonds is 7. The highest BCUT2D eigenvalue weighted by atomic mass is 35.5. The summed E-state index contributed by atoms with van der Waals surface area (Å²) >= 11 is 1.56. The second-order valence-corrected chi connectivity index (χ2v) is 5.18. The number of nitrogens with one attached hydrogen (secondary N) is 2. The molecule has 0 aliphatic carbocycles. The molecule has 1 aromatic heterocycles. The van der Waals surface area contributed by atoms with E-state index in [4.69, 9.17) is 0 Å². The van der Waals surface area contributed by atoms with Crippen molar-refractivity contribution in [2.45, 2.75) is 26.3 Å². The van der Waals surface area contributed by atoms with Crippen molar-refractivity contribution in [3.8, 4) is 0 Å². The Hall–Kier alpha value is -1.14. The van der Waals surface area contributed by atoms with Crippen LogP contribution in [0.4, 0.5) is 5.69 Å². The molecule has 2 rings (SSSR count). The van der Waals surface area contributed by atoms with E-state index in [-0.39, 0.29) is 30.7 Å². The lowest BCUT2D eigenvalue weighted by Gasteiger charge is -2.11. The summed E-state index contributed by atoms with van der Waals surface area (Å²) in [7, 11) is 0. The van der Waals surface area contributed by atoms with Gasteiger partial charge in [-0.3, -0.25) is 4.79 Å². The minimum absolute atomic E-state index is 0. The van der Waals surface area contributed by atoms with Crippen LogP contribution in [0.1, 0.15) is 24.6 Å². The highest BCUT2D eigenvalue weighted by Crippen LogP contribution is 2.15. The van der Waals surface area contributed by atoms with E-state index >= 15 is 0 Å². The molecule has 0 saturated heterocycles. The van der Waals surface area contributed by atoms with Crippen LogP contribution in [0.3, 0.4) is 0 Å². The van der Waals surface area contributed by atoms with Gasteiger partial charge in [-0.2, -0.15) is 0 Å². The fourth-order valence-corrected chi connectivity index (χ4v) is 2.46. The van der Waals surface area contributed by atoms with E-state index in [9.17, 15) is 4.79 Å². The van der Waals surface area contributed by atoms with Crippen LogP contribution >= 0.6 is 36.2 Å². The molecule has 7 heteroatoms. The van der Waals surface area contributed by atoms with E-state index in [1.54, 1.807) is 16.8 Å². The van der Waals surface area contributed by atoms with Crippen LogP contribution < -0.4 is 10.6 Å². The topological polar surface area (TPSA) is 54.0 Å². The molecule has 0 bridgehead atoms. The van der Waals surface area contributed by atoms with Crippen molar-refractivity contribution in [2.24, 2.45) is 0 Å². The number of hydrogen-bond donors (Lipinski definition) is 2. The third kappa shape index (κ3) is 6.75. The van der Waals surface area contributed by atoms with E-state index in [1.807, 2.05) is 29.6 Å². The number of anilines is 1. The summed E-state index contributed by atoms with van der Waals surface area (Å²) in [4.78, 5) is 16.2. The zero-order valence-electron chi connectivity index (χ0n) is 12.4. The summed E-state index contributed by atoms with van der Waals surface area (Å²) in [6, 6.07) is 7.88. The van der Waals surface area contributed by atoms with Gasteiger partial charge in [0, 0.05) is 24.0 Å². The molecule has 4 nitrogen and oxygen atoms in total. The number of aromatic nitrogens is 1. The largest absolute Gasteiger partial charge is 0.326 e. The molecule has 0 atom stereocenters. The lowest BCUT2D eigenvalue weighted by atomic mass is 10.1. The van der Waals surface area contributed by atoms with Crippen molar-refractivity contribution < 1.29 is 4.79 Å². The molecular weight excluding hydrogens is 341 g/mol. The minimum atomic E-state index is 0. The number of carbonyl (C=O) groups is 1. The molecule has 0 unspecified atom stereocenters. The smallest absolute Gasteiger partial charge is 0.224 e. The highest BCUT2D eigenvalue weighted by Gasteiger charge is 2.07. The summed E-state index contributed by atoms with van der Waals surface area (Å²) in [6.07, 6.45) is 1.14. The summed E-state index contributed by atoms with van der Waals surface area (Å²) < 4.78 is 0. The van der Waals surface area contributed by atoms with Crippen molar-refractivity contribution in [2.75, 3.05) is 11.9 Å². The summed E-state index contributed by atoms with van der Waals surface area (Å²) in [5, 5.41) is 8.23. The van der Waals surface area contributed by atoms with Crippen LogP contribution in [-0.4, -0.2) is 17.4 Å². The molecule has 0 saturated carbocycles. The molecule has 1 heterocycles. The second-order valence-electron chi connectivity index (χ2n) is 4.47. The molecule has 1 aromatic carbocycles. The Bertz CT molecular complexity index is 549. The maximum absolute atomic E-state index is 12.0. The average Bonchev–Trinajstić information content (AvgIpc) is 2.97. The van der Waals surface area contributed by atoms with Crippen molar-refractivity contribution in [3.63, 3.8) is 0 Å². The Morgan fingerprint density at radius 3 is 2.73 bits per heavy atom. The predicted molar refractivity (Wildman–Crippen MR) is 97.4 cm³/mol. The van der Waals surface area contributed by atoms with Crippen LogP contribution in [0.5, 0.6) is 0 Å². The van der Waals surface area contributed by atoms with Gasteiger partial charge >= 0.3 is 0 Å². The van der Waals surface area contributed by atoms with E-state index in [0.717, 1.165) is 30.0 Å². The Kier molecular flexibility index (Phi) is 10.8. The first kappa shape index (κ1) is 20.9. The van der Waals surface area contributed by atoms with E-state index in [2.05, 4.69) is 22.5 Å². The van der Waals surface area contributed by atoms with Crippen molar-refractivity contribution in [1.82, 2.24) is 10.3 Å². The lowest BCUT2D eigenvalue weighted by molar-refractivity contribution is -0.116. The molecular formula is C15H21Cl2N3OS. The number of nitrogens with zero attached hydrogens (tertiary/aromatic N) is 1. The molecule has 122 valence electrons. The zero-order chi connectivity index (χ0) is 14.2. The zero-order valence-corrected chi connectivity index (χ0v) is 14.8. The first-order valence-electron chi connectivity index (χ1n) is 6.75. The Balaban J connectivity index is 0.00000220. The number of hydrogen-bond acceptors (Lipinski definition) is 4. The van der Waals surface area contributed by atoms with Crippen molar-refractivity contribution in [3.05, 3.63) is 46.4 Å². The molecule has 2 N–H and O–H groups in total. The number of benzene rings is 1. The highest BCUT2D eigenvalue weighted by molar-refractivity contribution is 7.07. The quantitative estimate of drug-likeness (QED) is 0.790. The van der Waals surface area contributed by atoms with Crippen LogP contribution in [0.25, 0.3) is 0 Å². The number of halogens is 2. The van der Waals surface area contributed by atoms with Gasteiger partial charge in [0.15, 0.2) is 0 Å². The van der Waals surface area contributed by atoms with Gasteiger partial charge in [-0.15, -0.1) is 36.2 Å². The molecule has 0 spiro atoms. The SMILES string of the molecule is CCNCc1ccccc1NC(=O)CCc1cscn1.Cl.Cl. The maximum Gasteiger partial charge on any atom is 0.224 e. The maximum atomic E-state index is 12.0. The third-order valence-electron chi connectivity index (χ3n) is 2.95. The predicted octanol–water partition coefficient (Wildman–Crippen LogP) is 3.67. The van der Waals surface area contributed by atoms with Gasteiger partial charge in [-0.1, -0.05) is 25.1 Å². The Labute approximate surface area is 147 Å². The molecule has 2 aromatic rings. The molecule has 0 radical (unpaired) electrons. The Morgan fingerprint density at radius 1 is 1.27 bits per heavy atom. The number of thiazole rings is 1. The van der Waals surface area contributed by atoms with Gasteiger partial charge in [0.1, 0.15) is 0 Å². The first-order chi connectivity index (χ1) is 9.79. The average molecular weight is 362 g/mol. The van der Waals surface area contributed by atoms with Gasteiger partial charge in [-0.05, 0) is 24.6 Å². The van der Waals surface area contributed by atoms with Gasteiger partial charge in [0.05, 0.1) is 11.2 Å². The summed E-state index contributed by atoms with van der Waals surface area (Å²) in [6.45, 7) is 3.74. The molecule has 0 fully saturated rings. The van der Waals surface area contributed by atoms with Crippen LogP contribution in [0, 0.1) is 0 Å². The van der Waals surface area contributed by atoms with Crippen LogP contribution in [0.2, 0.25) is 0 Å². The monoisotopic (exact) mass is 361 g/mol. The van der Waals surface area contributed by atoms with Gasteiger partial charge < -0.3 is 10.6 Å². The van der Waals surface area contributed by atoms with E-state index in [0.29, 0.717) is 12.8 Å². The molecule has 22 heavy (non-hydrogen) atoms. The fourth-order valence-electron chi connectivity index (χ4n) is 1.87. The van der Waals surface area contributed by atoms with Gasteiger partial charge in [0.25, 0.3) is 0 Å². The number of para-hydroxylation sites is 1. The van der Waals surface area contributed by atoms with E-state index < -0.39 is 0 Å². The first-order valence-corrected chi connectivity index (χ1v) is 7.69. The van der Waals surface area contributed by atoms with Crippen LogP contribution in [-0.2, 0) is 17.8 Å². The van der Waals surface area contributed by atoms with Gasteiger partial charge in [-0.25, -0.2) is 4.98 Å². The second kappa shape index (κ2) is 11.4. The standard InChI is InChI=1S/C15H19N3OS.2ClH/c1-2-16-9-12-5-3-4-6-14(12)18-15(19)8-7-13-10-20-11-17-13;;/h3-6,10-11,16H,2,7-9H2,1H3,(H,18,19);2*1H. The summed E-state index contributed by atoms with van der Waals surface area (Å²) in [5.74, 6) is 0.0296. The number of amides is 1. The van der Waals surface area contributed by atoms with Crippen molar-refractivity contribution >= 4 is 47.7 Å². The molecule has 1 amide bonds. The molecule has 0 aliphatic rings. The number of carbonyl (C=O) groups excluding carboxylic acids is 1. The normalized spacial score (nSPS) is 9.50. The summed E-state index contributed by atoms with van der Waals surface area (Å²) in [5.41, 5.74) is 4.76. The third-order valence-corrected chi connectivity index (χ3v) is 3.58. The van der Waals surface area contributed by atoms with Crippen LogP contribution in [0.15, 0.2) is 35.2 Å². The van der Waals surface area contributed by atoms with E-state index in [1.165, 1.54) is 0 Å². The Morgan fingerprint density at radius 2 is 2.05 bits per heavy atom. The number of aryl methyl sites for hydroxylation is 1. The van der Waals surface area contributed by atoms with Crippen molar-refractivity contribution in [1.29, 1.82) is 0 Å².